The van der Waals surface area contributed by atoms with Crippen LogP contribution in [0.2, 0.25) is 0 Å². The lowest BCUT2D eigenvalue weighted by Gasteiger charge is -2.24. The van der Waals surface area contributed by atoms with Crippen LogP contribution in [-0.2, 0) is 6.42 Å². The molecule has 0 amide bonds. The van der Waals surface area contributed by atoms with Crippen molar-refractivity contribution in [2.75, 3.05) is 18.4 Å². The normalized spacial score (nSPS) is 17.4. The molecule has 0 bridgehead atoms. The van der Waals surface area contributed by atoms with E-state index in [1.165, 1.54) is 0 Å². The van der Waals surface area contributed by atoms with Crippen LogP contribution in [0, 0.1) is 12.7 Å². The van der Waals surface area contributed by atoms with Gasteiger partial charge in [0.2, 0.25) is 5.95 Å². The topological polar surface area (TPSA) is 68.8 Å². The van der Waals surface area contributed by atoms with Gasteiger partial charge < -0.3 is 11.1 Å². The maximum Gasteiger partial charge on any atom is 0.221 e. The number of nitrogens with one attached hydrogen (secondary N) is 1. The molecule has 5 nitrogen and oxygen atoms in total. The first-order valence-electron chi connectivity index (χ1n) is 7.34. The minimum atomic E-state index is -0.170. The summed E-state index contributed by atoms with van der Waals surface area (Å²) in [5.41, 5.74) is 7.13. The maximum absolute atomic E-state index is 13.8. The van der Waals surface area contributed by atoms with E-state index in [1.54, 1.807) is 13.0 Å². The number of aromatic nitrogens is 3. The Hall–Kier alpha value is -1.95. The highest BCUT2D eigenvalue weighted by atomic mass is 19.1. The van der Waals surface area contributed by atoms with Crippen molar-refractivity contribution in [2.24, 2.45) is 5.73 Å². The molecule has 1 aromatic carbocycles. The van der Waals surface area contributed by atoms with E-state index < -0.39 is 0 Å². The molecule has 112 valence electrons. The second-order valence-electron chi connectivity index (χ2n) is 5.43. The van der Waals surface area contributed by atoms with Crippen molar-refractivity contribution in [1.82, 2.24) is 14.8 Å². The van der Waals surface area contributed by atoms with E-state index in [-0.39, 0.29) is 11.9 Å². The van der Waals surface area contributed by atoms with E-state index in [0.29, 0.717) is 12.1 Å². The zero-order chi connectivity index (χ0) is 14.8. The molecule has 2 aromatic rings. The van der Waals surface area contributed by atoms with E-state index in [2.05, 4.69) is 15.4 Å². The van der Waals surface area contributed by atoms with Crippen LogP contribution in [0.15, 0.2) is 18.2 Å². The van der Waals surface area contributed by atoms with Crippen LogP contribution in [0.1, 0.15) is 35.8 Å². The molecule has 0 aliphatic carbocycles. The smallest absolute Gasteiger partial charge is 0.221 e. The van der Waals surface area contributed by atoms with Crippen molar-refractivity contribution in [3.05, 3.63) is 41.0 Å². The molecule has 21 heavy (non-hydrogen) atoms. The minimum Gasteiger partial charge on any atom is -0.354 e. The van der Waals surface area contributed by atoms with Crippen LogP contribution < -0.4 is 11.1 Å². The average molecular weight is 289 g/mol. The molecule has 1 atom stereocenters. The summed E-state index contributed by atoms with van der Waals surface area (Å²) in [5, 5.41) is 7.81. The average Bonchev–Trinajstić information content (AvgIpc) is 2.90. The minimum absolute atomic E-state index is 0.0375. The lowest BCUT2D eigenvalue weighted by Crippen LogP contribution is -2.24. The Labute approximate surface area is 123 Å². The van der Waals surface area contributed by atoms with Crippen molar-refractivity contribution in [2.45, 2.75) is 32.2 Å². The molecule has 3 rings (SSSR count). The molecular weight excluding hydrogens is 269 g/mol. The molecule has 3 N–H and O–H groups in total. The van der Waals surface area contributed by atoms with Crippen LogP contribution in [0.3, 0.4) is 0 Å². The number of rotatable bonds is 4. The Morgan fingerprint density at radius 2 is 2.33 bits per heavy atom. The standard InChI is InChI=1S/C15H20FN5/c1-10-4-5-11(9-12(10)16)13-6-8-18-15-19-14(3-2-7-17)20-21(13)15/h4-5,9,13H,2-3,6-8,17H2,1H3,(H,18,19,20). The van der Waals surface area contributed by atoms with Gasteiger partial charge in [-0.3, -0.25) is 0 Å². The number of aryl methyl sites for hydroxylation is 2. The summed E-state index contributed by atoms with van der Waals surface area (Å²) in [4.78, 5) is 4.50. The number of halogens is 1. The van der Waals surface area contributed by atoms with Gasteiger partial charge in [-0.1, -0.05) is 12.1 Å². The lowest BCUT2D eigenvalue weighted by molar-refractivity contribution is 0.473. The van der Waals surface area contributed by atoms with Gasteiger partial charge in [-0.15, -0.1) is 0 Å². The molecule has 0 fully saturated rings. The first-order chi connectivity index (χ1) is 10.2. The molecule has 1 aliphatic rings. The number of hydrogen-bond acceptors (Lipinski definition) is 4. The number of benzene rings is 1. The predicted molar refractivity (Wildman–Crippen MR) is 79.8 cm³/mol. The molecule has 0 saturated heterocycles. The van der Waals surface area contributed by atoms with Crippen molar-refractivity contribution in [1.29, 1.82) is 0 Å². The third kappa shape index (κ3) is 2.76. The Morgan fingerprint density at radius 3 is 3.10 bits per heavy atom. The van der Waals surface area contributed by atoms with Crippen LogP contribution >= 0.6 is 0 Å². The molecule has 1 unspecified atom stereocenters. The predicted octanol–water partition coefficient (Wildman–Crippen LogP) is 2.02. The highest BCUT2D eigenvalue weighted by molar-refractivity contribution is 5.34. The summed E-state index contributed by atoms with van der Waals surface area (Å²) >= 11 is 0. The van der Waals surface area contributed by atoms with Gasteiger partial charge in [0.15, 0.2) is 5.82 Å². The van der Waals surface area contributed by atoms with Crippen molar-refractivity contribution in [3.8, 4) is 0 Å². The van der Waals surface area contributed by atoms with Gasteiger partial charge in [0.1, 0.15) is 5.82 Å². The first-order valence-corrected chi connectivity index (χ1v) is 7.34. The number of anilines is 1. The van der Waals surface area contributed by atoms with Crippen LogP contribution in [0.5, 0.6) is 0 Å². The summed E-state index contributed by atoms with van der Waals surface area (Å²) in [6.45, 7) is 3.21. The fourth-order valence-corrected chi connectivity index (χ4v) is 2.64. The summed E-state index contributed by atoms with van der Waals surface area (Å²) in [6.07, 6.45) is 2.51. The zero-order valence-electron chi connectivity index (χ0n) is 12.1. The van der Waals surface area contributed by atoms with Gasteiger partial charge in [0, 0.05) is 13.0 Å². The SMILES string of the molecule is Cc1ccc(C2CCNc3nc(CCCN)nn32)cc1F. The van der Waals surface area contributed by atoms with Crippen LogP contribution in [0.4, 0.5) is 10.3 Å². The summed E-state index contributed by atoms with van der Waals surface area (Å²) < 4.78 is 15.7. The van der Waals surface area contributed by atoms with E-state index in [1.807, 2.05) is 16.8 Å². The summed E-state index contributed by atoms with van der Waals surface area (Å²) in [6, 6.07) is 5.43. The quantitative estimate of drug-likeness (QED) is 0.903. The molecule has 0 saturated carbocycles. The van der Waals surface area contributed by atoms with Crippen LogP contribution in [-0.4, -0.2) is 27.9 Å². The number of nitrogens with zero attached hydrogens (tertiary/aromatic N) is 3. The van der Waals surface area contributed by atoms with Gasteiger partial charge >= 0.3 is 0 Å². The number of fused-ring (bicyclic) bond motifs is 1. The van der Waals surface area contributed by atoms with E-state index >= 15 is 0 Å². The van der Waals surface area contributed by atoms with Gasteiger partial charge in [-0.05, 0) is 43.5 Å². The third-order valence-corrected chi connectivity index (χ3v) is 3.86. The van der Waals surface area contributed by atoms with Crippen molar-refractivity contribution >= 4 is 5.95 Å². The summed E-state index contributed by atoms with van der Waals surface area (Å²) in [5.74, 6) is 1.39. The Bertz CT molecular complexity index is 637. The first kappa shape index (κ1) is 14.0. The van der Waals surface area contributed by atoms with Crippen LogP contribution in [0.25, 0.3) is 0 Å². The highest BCUT2D eigenvalue weighted by Crippen LogP contribution is 2.29. The largest absolute Gasteiger partial charge is 0.354 e. The Balaban J connectivity index is 1.92. The monoisotopic (exact) mass is 289 g/mol. The van der Waals surface area contributed by atoms with E-state index in [9.17, 15) is 4.39 Å². The Kier molecular flexibility index (Phi) is 3.88. The third-order valence-electron chi connectivity index (χ3n) is 3.86. The van der Waals surface area contributed by atoms with Gasteiger partial charge in [0.25, 0.3) is 0 Å². The second-order valence-corrected chi connectivity index (χ2v) is 5.43. The van der Waals surface area contributed by atoms with Gasteiger partial charge in [-0.2, -0.15) is 10.1 Å². The second kappa shape index (κ2) is 5.81. The summed E-state index contributed by atoms with van der Waals surface area (Å²) in [7, 11) is 0. The molecule has 1 aliphatic heterocycles. The van der Waals surface area contributed by atoms with Crippen molar-refractivity contribution in [3.63, 3.8) is 0 Å². The van der Waals surface area contributed by atoms with Gasteiger partial charge in [0.05, 0.1) is 6.04 Å². The fourth-order valence-electron chi connectivity index (χ4n) is 2.64. The maximum atomic E-state index is 13.8. The Morgan fingerprint density at radius 1 is 1.48 bits per heavy atom. The lowest BCUT2D eigenvalue weighted by atomic mass is 10.0. The fraction of sp³-hybridized carbons (Fsp3) is 0.467. The number of nitrogens with two attached hydrogens (primary N) is 1. The molecular formula is C15H20FN5. The van der Waals surface area contributed by atoms with Gasteiger partial charge in [-0.25, -0.2) is 9.07 Å². The molecule has 1 aromatic heterocycles. The molecule has 2 heterocycles. The van der Waals surface area contributed by atoms with Crippen molar-refractivity contribution < 1.29 is 4.39 Å². The highest BCUT2D eigenvalue weighted by Gasteiger charge is 2.24. The molecule has 0 spiro atoms. The molecule has 6 heteroatoms. The van der Waals surface area contributed by atoms with E-state index in [0.717, 1.165) is 43.1 Å². The van der Waals surface area contributed by atoms with E-state index in [4.69, 9.17) is 5.73 Å². The molecule has 0 radical (unpaired) electrons. The zero-order valence-corrected chi connectivity index (χ0v) is 12.1. The number of hydrogen-bond donors (Lipinski definition) is 2.